The highest BCUT2D eigenvalue weighted by molar-refractivity contribution is 5.87. The summed E-state index contributed by atoms with van der Waals surface area (Å²) in [5, 5.41) is 19.6. The lowest BCUT2D eigenvalue weighted by atomic mass is 10.0. The van der Waals surface area contributed by atoms with E-state index in [4.69, 9.17) is 10.2 Å². The maximum absolute atomic E-state index is 11.6. The topological polar surface area (TPSA) is 104 Å². The van der Waals surface area contributed by atoms with Crippen LogP contribution in [-0.4, -0.2) is 34.1 Å². The SMILES string of the molecule is CCC(C)CCCCC/C=C/CC(=O)N[C@@H](CC(=O)O)C(=O)O. The average molecular weight is 327 g/mol. The molecule has 0 aromatic carbocycles. The molecule has 0 saturated heterocycles. The van der Waals surface area contributed by atoms with Crippen LogP contribution < -0.4 is 5.32 Å². The number of carbonyl (C=O) groups excluding carboxylic acids is 1. The van der Waals surface area contributed by atoms with Crippen molar-refractivity contribution in [2.24, 2.45) is 5.92 Å². The van der Waals surface area contributed by atoms with Gasteiger partial charge in [-0.25, -0.2) is 4.79 Å². The highest BCUT2D eigenvalue weighted by Gasteiger charge is 2.22. The number of carboxylic acid groups (broad SMARTS) is 2. The molecule has 0 aromatic rings. The smallest absolute Gasteiger partial charge is 0.326 e. The molecule has 0 saturated carbocycles. The van der Waals surface area contributed by atoms with Gasteiger partial charge in [-0.05, 0) is 18.8 Å². The second kappa shape index (κ2) is 12.7. The lowest BCUT2D eigenvalue weighted by Gasteiger charge is -2.11. The van der Waals surface area contributed by atoms with Gasteiger partial charge in [-0.3, -0.25) is 9.59 Å². The van der Waals surface area contributed by atoms with Crippen LogP contribution in [0.15, 0.2) is 12.2 Å². The molecule has 0 aliphatic rings. The minimum atomic E-state index is -1.38. The number of carboxylic acids is 2. The summed E-state index contributed by atoms with van der Waals surface area (Å²) in [7, 11) is 0. The highest BCUT2D eigenvalue weighted by Crippen LogP contribution is 2.13. The molecule has 0 aliphatic carbocycles. The molecule has 1 amide bonds. The van der Waals surface area contributed by atoms with Crippen molar-refractivity contribution in [1.82, 2.24) is 5.32 Å². The molecule has 0 heterocycles. The molecule has 0 aromatic heterocycles. The minimum Gasteiger partial charge on any atom is -0.481 e. The first kappa shape index (κ1) is 21.1. The number of hydrogen-bond acceptors (Lipinski definition) is 3. The van der Waals surface area contributed by atoms with Crippen LogP contribution in [0.2, 0.25) is 0 Å². The fourth-order valence-electron chi connectivity index (χ4n) is 2.07. The van der Waals surface area contributed by atoms with E-state index >= 15 is 0 Å². The predicted octanol–water partition coefficient (Wildman–Crippen LogP) is 2.97. The number of amides is 1. The van der Waals surface area contributed by atoms with Gasteiger partial charge >= 0.3 is 11.9 Å². The quantitative estimate of drug-likeness (QED) is 0.356. The van der Waals surface area contributed by atoms with Crippen molar-refractivity contribution in [3.8, 4) is 0 Å². The van der Waals surface area contributed by atoms with Crippen molar-refractivity contribution >= 4 is 17.8 Å². The maximum atomic E-state index is 11.6. The zero-order chi connectivity index (χ0) is 17.7. The van der Waals surface area contributed by atoms with Crippen LogP contribution >= 0.6 is 0 Å². The molecule has 0 fully saturated rings. The summed E-state index contributed by atoms with van der Waals surface area (Å²) in [5.41, 5.74) is 0. The molecule has 0 radical (unpaired) electrons. The number of aliphatic carboxylic acids is 2. The summed E-state index contributed by atoms with van der Waals surface area (Å²) < 4.78 is 0. The molecular formula is C17H29NO5. The van der Waals surface area contributed by atoms with Crippen molar-refractivity contribution in [3.05, 3.63) is 12.2 Å². The Hall–Kier alpha value is -1.85. The maximum Gasteiger partial charge on any atom is 0.326 e. The van der Waals surface area contributed by atoms with E-state index in [0.29, 0.717) is 0 Å². The molecule has 6 heteroatoms. The van der Waals surface area contributed by atoms with Gasteiger partial charge in [-0.1, -0.05) is 51.7 Å². The largest absolute Gasteiger partial charge is 0.481 e. The number of nitrogens with one attached hydrogen (secondary N) is 1. The van der Waals surface area contributed by atoms with Gasteiger partial charge in [0.25, 0.3) is 0 Å². The molecule has 2 atom stereocenters. The number of unbranched alkanes of at least 4 members (excludes halogenated alkanes) is 3. The Kier molecular flexibility index (Phi) is 11.7. The fraction of sp³-hybridized carbons (Fsp3) is 0.706. The monoisotopic (exact) mass is 327 g/mol. The third-order valence-electron chi connectivity index (χ3n) is 3.75. The van der Waals surface area contributed by atoms with Gasteiger partial charge in [0, 0.05) is 6.42 Å². The van der Waals surface area contributed by atoms with Crippen LogP contribution in [0.5, 0.6) is 0 Å². The van der Waals surface area contributed by atoms with Gasteiger partial charge in [0.05, 0.1) is 6.42 Å². The zero-order valence-electron chi connectivity index (χ0n) is 14.1. The summed E-state index contributed by atoms with van der Waals surface area (Å²) in [5.74, 6) is -2.30. The summed E-state index contributed by atoms with van der Waals surface area (Å²) in [6, 6.07) is -1.38. The van der Waals surface area contributed by atoms with Gasteiger partial charge < -0.3 is 15.5 Å². The molecule has 1 unspecified atom stereocenters. The van der Waals surface area contributed by atoms with Crippen molar-refractivity contribution in [1.29, 1.82) is 0 Å². The normalized spacial score (nSPS) is 13.7. The number of carbonyl (C=O) groups is 3. The van der Waals surface area contributed by atoms with E-state index in [9.17, 15) is 14.4 Å². The van der Waals surface area contributed by atoms with Gasteiger partial charge in [0.1, 0.15) is 6.04 Å². The van der Waals surface area contributed by atoms with Crippen LogP contribution in [0.4, 0.5) is 0 Å². The van der Waals surface area contributed by atoms with E-state index in [-0.39, 0.29) is 6.42 Å². The van der Waals surface area contributed by atoms with Crippen LogP contribution in [0.25, 0.3) is 0 Å². The lowest BCUT2D eigenvalue weighted by Crippen LogP contribution is -2.41. The van der Waals surface area contributed by atoms with Gasteiger partial charge in [0.2, 0.25) is 5.91 Å². The van der Waals surface area contributed by atoms with Crippen molar-refractivity contribution in [3.63, 3.8) is 0 Å². The first-order valence-electron chi connectivity index (χ1n) is 8.25. The number of hydrogen-bond donors (Lipinski definition) is 3. The minimum absolute atomic E-state index is 0.0657. The third-order valence-corrected chi connectivity index (χ3v) is 3.75. The molecule has 0 spiro atoms. The first-order chi connectivity index (χ1) is 10.9. The second-order valence-corrected chi connectivity index (χ2v) is 5.88. The van der Waals surface area contributed by atoms with Crippen LogP contribution in [0.3, 0.4) is 0 Å². The summed E-state index contributed by atoms with van der Waals surface area (Å²) in [6.07, 6.45) is 9.88. The van der Waals surface area contributed by atoms with Crippen molar-refractivity contribution in [2.75, 3.05) is 0 Å². The van der Waals surface area contributed by atoms with Gasteiger partial charge in [0.15, 0.2) is 0 Å². The molecule has 23 heavy (non-hydrogen) atoms. The molecule has 0 aliphatic heterocycles. The fourth-order valence-corrected chi connectivity index (χ4v) is 2.07. The van der Waals surface area contributed by atoms with E-state index in [2.05, 4.69) is 19.2 Å². The summed E-state index contributed by atoms with van der Waals surface area (Å²) >= 11 is 0. The highest BCUT2D eigenvalue weighted by atomic mass is 16.4. The summed E-state index contributed by atoms with van der Waals surface area (Å²) in [4.78, 5) is 32.9. The Morgan fingerprint density at radius 3 is 2.35 bits per heavy atom. The standard InChI is InChI=1S/C17H29NO5/c1-3-13(2)10-8-6-4-5-7-9-11-15(19)18-14(17(22)23)12-16(20)21/h7,9,13-14H,3-6,8,10-12H2,1-2H3,(H,18,19)(H,20,21)(H,22,23)/b9-7+/t13?,14-/m0/s1. The van der Waals surface area contributed by atoms with Crippen LogP contribution in [-0.2, 0) is 14.4 Å². The second-order valence-electron chi connectivity index (χ2n) is 5.88. The lowest BCUT2D eigenvalue weighted by molar-refractivity contribution is -0.147. The molecule has 0 bridgehead atoms. The van der Waals surface area contributed by atoms with E-state index in [0.717, 1.165) is 18.8 Å². The predicted molar refractivity (Wildman–Crippen MR) is 88.1 cm³/mol. The van der Waals surface area contributed by atoms with Gasteiger partial charge in [-0.2, -0.15) is 0 Å². The molecule has 0 rings (SSSR count). The van der Waals surface area contributed by atoms with E-state index < -0.39 is 30.3 Å². The van der Waals surface area contributed by atoms with Crippen LogP contribution in [0.1, 0.15) is 65.2 Å². The molecule has 6 nitrogen and oxygen atoms in total. The molecular weight excluding hydrogens is 298 g/mol. The first-order valence-corrected chi connectivity index (χ1v) is 8.25. The van der Waals surface area contributed by atoms with Crippen molar-refractivity contribution in [2.45, 2.75) is 71.3 Å². The Balaban J connectivity index is 3.83. The summed E-state index contributed by atoms with van der Waals surface area (Å²) in [6.45, 7) is 4.46. The zero-order valence-corrected chi connectivity index (χ0v) is 14.1. The average Bonchev–Trinajstić information content (AvgIpc) is 2.48. The van der Waals surface area contributed by atoms with Crippen LogP contribution in [0, 0.1) is 5.92 Å². The Morgan fingerprint density at radius 2 is 1.78 bits per heavy atom. The number of rotatable bonds is 13. The van der Waals surface area contributed by atoms with E-state index in [1.54, 1.807) is 6.08 Å². The third kappa shape index (κ3) is 12.4. The van der Waals surface area contributed by atoms with Gasteiger partial charge in [-0.15, -0.1) is 0 Å². The van der Waals surface area contributed by atoms with E-state index in [1.165, 1.54) is 25.7 Å². The molecule has 3 N–H and O–H groups in total. The molecule has 132 valence electrons. The van der Waals surface area contributed by atoms with E-state index in [1.807, 2.05) is 6.08 Å². The Bertz CT molecular complexity index is 406. The number of allylic oxidation sites excluding steroid dienone is 1. The Morgan fingerprint density at radius 1 is 1.09 bits per heavy atom. The Labute approximate surface area is 138 Å². The van der Waals surface area contributed by atoms with Crippen molar-refractivity contribution < 1.29 is 24.6 Å².